The van der Waals surface area contributed by atoms with Crippen molar-refractivity contribution in [2.75, 3.05) is 0 Å². The first-order valence-corrected chi connectivity index (χ1v) is 5.17. The van der Waals surface area contributed by atoms with Crippen molar-refractivity contribution in [1.29, 1.82) is 0 Å². The van der Waals surface area contributed by atoms with Crippen LogP contribution in [-0.2, 0) is 9.59 Å². The number of ketones is 1. The van der Waals surface area contributed by atoms with Crippen LogP contribution in [0.5, 0.6) is 0 Å². The maximum absolute atomic E-state index is 11.3. The van der Waals surface area contributed by atoms with E-state index in [-0.39, 0.29) is 10.9 Å². The molecule has 1 aliphatic rings. The largest absolute Gasteiger partial charge is 0.300 e. The molecule has 0 saturated heterocycles. The van der Waals surface area contributed by atoms with Crippen LogP contribution in [0.25, 0.3) is 0 Å². The summed E-state index contributed by atoms with van der Waals surface area (Å²) in [6, 6.07) is 0. The molecule has 1 fully saturated rings. The van der Waals surface area contributed by atoms with Crippen molar-refractivity contribution in [3.8, 4) is 0 Å². The fraction of sp³-hybridized carbons (Fsp3) is 0.714. The van der Waals surface area contributed by atoms with Crippen LogP contribution >= 0.6 is 38.3 Å². The van der Waals surface area contributed by atoms with Crippen molar-refractivity contribution in [3.05, 3.63) is 0 Å². The fourth-order valence-corrected chi connectivity index (χ4v) is 2.50. The SMILES string of the molecule is O=C1CCC(C(=O)S)(N(S)S)CC1. The monoisotopic (exact) mass is 237 g/mol. The van der Waals surface area contributed by atoms with Gasteiger partial charge in [-0.2, -0.15) is 3.71 Å². The number of nitrogens with zero attached hydrogens (tertiary/aromatic N) is 1. The highest BCUT2D eigenvalue weighted by atomic mass is 32.2. The first-order chi connectivity index (χ1) is 5.99. The Kier molecular flexibility index (Phi) is 3.73. The van der Waals surface area contributed by atoms with Crippen molar-refractivity contribution < 1.29 is 9.59 Å². The molecule has 1 saturated carbocycles. The number of carbonyl (C=O) groups excluding carboxylic acids is 2. The quantitative estimate of drug-likeness (QED) is 0.634. The third-order valence-electron chi connectivity index (χ3n) is 2.42. The zero-order valence-corrected chi connectivity index (χ0v) is 9.62. The van der Waals surface area contributed by atoms with E-state index in [1.165, 1.54) is 3.71 Å². The second-order valence-electron chi connectivity index (χ2n) is 3.16. The molecule has 0 radical (unpaired) electrons. The smallest absolute Gasteiger partial charge is 0.208 e. The molecule has 1 aliphatic carbocycles. The van der Waals surface area contributed by atoms with Crippen molar-refractivity contribution >= 4 is 49.2 Å². The van der Waals surface area contributed by atoms with E-state index in [2.05, 4.69) is 38.3 Å². The second kappa shape index (κ2) is 4.25. The van der Waals surface area contributed by atoms with Crippen molar-refractivity contribution in [1.82, 2.24) is 3.71 Å². The molecule has 6 heteroatoms. The minimum atomic E-state index is -0.775. The lowest BCUT2D eigenvalue weighted by Gasteiger charge is -2.37. The maximum atomic E-state index is 11.3. The molecule has 13 heavy (non-hydrogen) atoms. The number of rotatable bonds is 2. The Labute approximate surface area is 93.7 Å². The molecule has 0 aromatic carbocycles. The normalized spacial score (nSPS) is 22.0. The molecule has 0 aliphatic heterocycles. The predicted octanol–water partition coefficient (Wildman–Crippen LogP) is 1.32. The van der Waals surface area contributed by atoms with Gasteiger partial charge in [0.05, 0.1) is 0 Å². The molecular weight excluding hydrogens is 226 g/mol. The predicted molar refractivity (Wildman–Crippen MR) is 60.0 cm³/mol. The molecule has 0 unspecified atom stereocenters. The van der Waals surface area contributed by atoms with Gasteiger partial charge in [-0.1, -0.05) is 25.6 Å². The van der Waals surface area contributed by atoms with Gasteiger partial charge in [0.25, 0.3) is 0 Å². The van der Waals surface area contributed by atoms with Gasteiger partial charge in [-0.05, 0) is 12.8 Å². The van der Waals surface area contributed by atoms with Crippen LogP contribution < -0.4 is 0 Å². The molecule has 0 amide bonds. The standard InChI is InChI=1S/C7H11NO2S3/c9-5-1-3-7(4-2-5,6(10)11)8(12)13/h12-13H,1-4H2,(H,10,11). The zero-order valence-electron chi connectivity index (χ0n) is 6.93. The Hall–Kier alpha value is 0.350. The van der Waals surface area contributed by atoms with Crippen molar-refractivity contribution in [2.24, 2.45) is 0 Å². The first kappa shape index (κ1) is 11.4. The molecule has 0 aromatic heterocycles. The van der Waals surface area contributed by atoms with Gasteiger partial charge in [0.1, 0.15) is 11.3 Å². The zero-order chi connectivity index (χ0) is 10.1. The Balaban J connectivity index is 2.81. The molecule has 0 spiro atoms. The van der Waals surface area contributed by atoms with Crippen LogP contribution in [0.2, 0.25) is 0 Å². The Bertz CT molecular complexity index is 232. The van der Waals surface area contributed by atoms with E-state index < -0.39 is 5.54 Å². The maximum Gasteiger partial charge on any atom is 0.208 e. The molecule has 0 aromatic rings. The number of hydrogen-bond donors (Lipinski definition) is 3. The summed E-state index contributed by atoms with van der Waals surface area (Å²) in [5.41, 5.74) is -0.775. The molecule has 0 atom stereocenters. The lowest BCUT2D eigenvalue weighted by atomic mass is 9.83. The van der Waals surface area contributed by atoms with Crippen LogP contribution in [-0.4, -0.2) is 20.1 Å². The van der Waals surface area contributed by atoms with Gasteiger partial charge in [-0.3, -0.25) is 9.59 Å². The summed E-state index contributed by atoms with van der Waals surface area (Å²) in [5.74, 6) is 0.189. The molecular formula is C7H11NO2S3. The minimum Gasteiger partial charge on any atom is -0.300 e. The lowest BCUT2D eigenvalue weighted by Crippen LogP contribution is -2.47. The summed E-state index contributed by atoms with van der Waals surface area (Å²) < 4.78 is 1.27. The number of thiol groups is 3. The van der Waals surface area contributed by atoms with E-state index in [0.717, 1.165) is 0 Å². The van der Waals surface area contributed by atoms with Gasteiger partial charge in [-0.25, -0.2) is 0 Å². The van der Waals surface area contributed by atoms with Crippen LogP contribution in [0.4, 0.5) is 0 Å². The number of carbonyl (C=O) groups is 2. The minimum absolute atomic E-state index is 0.189. The molecule has 0 heterocycles. The summed E-state index contributed by atoms with van der Waals surface area (Å²) in [7, 11) is 0. The van der Waals surface area contributed by atoms with Crippen LogP contribution in [0, 0.1) is 0 Å². The van der Waals surface area contributed by atoms with Gasteiger partial charge in [0, 0.05) is 12.8 Å². The van der Waals surface area contributed by atoms with E-state index in [1.54, 1.807) is 0 Å². The van der Waals surface area contributed by atoms with Gasteiger partial charge < -0.3 is 0 Å². The van der Waals surface area contributed by atoms with E-state index in [4.69, 9.17) is 0 Å². The van der Waals surface area contributed by atoms with Gasteiger partial charge in [-0.15, -0.1) is 12.6 Å². The number of Topliss-reactive ketones (excluding diaryl/α,β-unsaturated/α-hetero) is 1. The van der Waals surface area contributed by atoms with Gasteiger partial charge >= 0.3 is 0 Å². The molecule has 0 N–H and O–H groups in total. The summed E-state index contributed by atoms with van der Waals surface area (Å²) in [6.45, 7) is 0. The number of hydrogen-bond acceptors (Lipinski definition) is 5. The Morgan fingerprint density at radius 2 is 1.77 bits per heavy atom. The van der Waals surface area contributed by atoms with Gasteiger partial charge in [0.2, 0.25) is 5.12 Å². The fourth-order valence-electron chi connectivity index (χ4n) is 1.44. The highest BCUT2D eigenvalue weighted by Crippen LogP contribution is 2.36. The Morgan fingerprint density at radius 3 is 2.08 bits per heavy atom. The summed E-state index contributed by atoms with van der Waals surface area (Å²) in [4.78, 5) is 22.3. The lowest BCUT2D eigenvalue weighted by molar-refractivity contribution is -0.125. The average Bonchev–Trinajstić information content (AvgIpc) is 2.04. The molecule has 0 bridgehead atoms. The van der Waals surface area contributed by atoms with Crippen LogP contribution in [0.1, 0.15) is 25.7 Å². The van der Waals surface area contributed by atoms with Crippen LogP contribution in [0.3, 0.4) is 0 Å². The summed E-state index contributed by atoms with van der Waals surface area (Å²) in [6.07, 6.45) is 1.73. The average molecular weight is 237 g/mol. The van der Waals surface area contributed by atoms with E-state index in [9.17, 15) is 9.59 Å². The summed E-state index contributed by atoms with van der Waals surface area (Å²) >= 11 is 11.8. The van der Waals surface area contributed by atoms with Crippen molar-refractivity contribution in [3.63, 3.8) is 0 Å². The Morgan fingerprint density at radius 1 is 1.31 bits per heavy atom. The first-order valence-electron chi connectivity index (χ1n) is 3.92. The van der Waals surface area contributed by atoms with Gasteiger partial charge in [0.15, 0.2) is 0 Å². The summed E-state index contributed by atoms with van der Waals surface area (Å²) in [5, 5.41) is -0.273. The van der Waals surface area contributed by atoms with E-state index >= 15 is 0 Å². The van der Waals surface area contributed by atoms with E-state index in [0.29, 0.717) is 25.7 Å². The molecule has 3 nitrogen and oxygen atoms in total. The molecule has 1 rings (SSSR count). The second-order valence-corrected chi connectivity index (χ2v) is 4.69. The topological polar surface area (TPSA) is 37.4 Å². The highest BCUT2D eigenvalue weighted by Gasteiger charge is 2.43. The third-order valence-corrected chi connectivity index (χ3v) is 3.60. The highest BCUT2D eigenvalue weighted by molar-refractivity contribution is 7.97. The molecule has 74 valence electrons. The van der Waals surface area contributed by atoms with Crippen molar-refractivity contribution in [2.45, 2.75) is 31.2 Å². The van der Waals surface area contributed by atoms with Crippen LogP contribution in [0.15, 0.2) is 0 Å². The third kappa shape index (κ3) is 2.23. The van der Waals surface area contributed by atoms with E-state index in [1.807, 2.05) is 0 Å².